The van der Waals surface area contributed by atoms with Crippen LogP contribution in [0.5, 0.6) is 0 Å². The molecule has 1 aromatic rings. The number of nitrogens with two attached hydrogens (primary N) is 1. The summed E-state index contributed by atoms with van der Waals surface area (Å²) >= 11 is 0. The molecule has 0 heterocycles. The van der Waals surface area contributed by atoms with Gasteiger partial charge in [-0.25, -0.2) is 0 Å². The molecule has 92 valence electrons. The Morgan fingerprint density at radius 3 is 2.35 bits per heavy atom. The van der Waals surface area contributed by atoms with Gasteiger partial charge in [-0.1, -0.05) is 30.3 Å². The van der Waals surface area contributed by atoms with E-state index < -0.39 is 11.8 Å². The van der Waals surface area contributed by atoms with E-state index in [0.29, 0.717) is 13.0 Å². The Bertz CT molecular complexity index is 379. The molecule has 0 aliphatic rings. The SMILES string of the molecule is NC(=O)C(=O)N(CCO)CCc1ccccc1. The highest BCUT2D eigenvalue weighted by Gasteiger charge is 2.17. The molecule has 5 nitrogen and oxygen atoms in total. The second-order valence-electron chi connectivity index (χ2n) is 3.62. The Morgan fingerprint density at radius 2 is 1.82 bits per heavy atom. The molecule has 3 N–H and O–H groups in total. The van der Waals surface area contributed by atoms with Crippen molar-refractivity contribution in [3.8, 4) is 0 Å². The molecule has 0 fully saturated rings. The van der Waals surface area contributed by atoms with Crippen molar-refractivity contribution < 1.29 is 14.7 Å². The Labute approximate surface area is 99.8 Å². The van der Waals surface area contributed by atoms with E-state index in [4.69, 9.17) is 10.8 Å². The standard InChI is InChI=1S/C12H16N2O3/c13-11(16)12(17)14(8-9-15)7-6-10-4-2-1-3-5-10/h1-5,15H,6-9H2,(H2,13,16). The van der Waals surface area contributed by atoms with E-state index in [1.165, 1.54) is 4.90 Å². The van der Waals surface area contributed by atoms with Crippen LogP contribution >= 0.6 is 0 Å². The van der Waals surface area contributed by atoms with Gasteiger partial charge in [0.25, 0.3) is 0 Å². The zero-order chi connectivity index (χ0) is 12.7. The fourth-order valence-corrected chi connectivity index (χ4v) is 1.50. The van der Waals surface area contributed by atoms with Crippen LogP contribution in [0.15, 0.2) is 30.3 Å². The second kappa shape index (κ2) is 6.65. The summed E-state index contributed by atoms with van der Waals surface area (Å²) in [7, 11) is 0. The third-order valence-corrected chi connectivity index (χ3v) is 2.38. The first kappa shape index (κ1) is 13.2. The number of amides is 2. The number of hydrogen-bond acceptors (Lipinski definition) is 3. The fourth-order valence-electron chi connectivity index (χ4n) is 1.50. The summed E-state index contributed by atoms with van der Waals surface area (Å²) in [5.74, 6) is -1.75. The van der Waals surface area contributed by atoms with Gasteiger partial charge in [-0.05, 0) is 12.0 Å². The van der Waals surface area contributed by atoms with E-state index in [1.54, 1.807) is 0 Å². The van der Waals surface area contributed by atoms with Crippen LogP contribution in [0.4, 0.5) is 0 Å². The molecule has 0 bridgehead atoms. The van der Waals surface area contributed by atoms with Crippen molar-refractivity contribution in [1.82, 2.24) is 4.90 Å². The minimum absolute atomic E-state index is 0.120. The first-order valence-electron chi connectivity index (χ1n) is 5.38. The van der Waals surface area contributed by atoms with E-state index >= 15 is 0 Å². The van der Waals surface area contributed by atoms with Crippen LogP contribution in [0.2, 0.25) is 0 Å². The summed E-state index contributed by atoms with van der Waals surface area (Å²) in [4.78, 5) is 23.4. The van der Waals surface area contributed by atoms with Crippen LogP contribution < -0.4 is 5.73 Å². The Morgan fingerprint density at radius 1 is 1.18 bits per heavy atom. The number of benzene rings is 1. The Kier molecular flexibility index (Phi) is 5.16. The Hall–Kier alpha value is -1.88. The molecular formula is C12H16N2O3. The number of rotatable bonds is 5. The van der Waals surface area contributed by atoms with Crippen molar-refractivity contribution in [2.75, 3.05) is 19.7 Å². The van der Waals surface area contributed by atoms with Gasteiger partial charge in [0.2, 0.25) is 0 Å². The number of carbonyl (C=O) groups excluding carboxylic acids is 2. The highest BCUT2D eigenvalue weighted by molar-refractivity contribution is 6.34. The average molecular weight is 236 g/mol. The van der Waals surface area contributed by atoms with Crippen LogP contribution in [0.3, 0.4) is 0 Å². The number of aliphatic hydroxyl groups is 1. The number of aliphatic hydroxyl groups excluding tert-OH is 1. The van der Waals surface area contributed by atoms with Gasteiger partial charge < -0.3 is 15.7 Å². The monoisotopic (exact) mass is 236 g/mol. The van der Waals surface area contributed by atoms with Crippen LogP contribution in [0.25, 0.3) is 0 Å². The molecule has 0 atom stereocenters. The summed E-state index contributed by atoms with van der Waals surface area (Å²) in [5, 5.41) is 8.82. The molecular weight excluding hydrogens is 220 g/mol. The zero-order valence-corrected chi connectivity index (χ0v) is 9.50. The van der Waals surface area contributed by atoms with Crippen molar-refractivity contribution in [2.45, 2.75) is 6.42 Å². The molecule has 1 rings (SSSR count). The topological polar surface area (TPSA) is 83.6 Å². The molecule has 1 aromatic carbocycles. The van der Waals surface area contributed by atoms with E-state index in [2.05, 4.69) is 0 Å². The maximum absolute atomic E-state index is 11.4. The van der Waals surface area contributed by atoms with E-state index in [9.17, 15) is 9.59 Å². The van der Waals surface area contributed by atoms with Gasteiger partial charge in [0.15, 0.2) is 0 Å². The van der Waals surface area contributed by atoms with E-state index in [1.807, 2.05) is 30.3 Å². The molecule has 0 aliphatic carbocycles. The molecule has 0 saturated carbocycles. The van der Waals surface area contributed by atoms with Gasteiger partial charge in [0.05, 0.1) is 6.61 Å². The molecule has 0 radical (unpaired) electrons. The lowest BCUT2D eigenvalue weighted by Crippen LogP contribution is -2.42. The van der Waals surface area contributed by atoms with Gasteiger partial charge >= 0.3 is 11.8 Å². The molecule has 17 heavy (non-hydrogen) atoms. The molecule has 0 spiro atoms. The van der Waals surface area contributed by atoms with Crippen molar-refractivity contribution in [2.24, 2.45) is 5.73 Å². The van der Waals surface area contributed by atoms with Crippen LogP contribution in [0, 0.1) is 0 Å². The largest absolute Gasteiger partial charge is 0.395 e. The molecule has 5 heteroatoms. The average Bonchev–Trinajstić information content (AvgIpc) is 2.34. The summed E-state index contributed by atoms with van der Waals surface area (Å²) in [5.41, 5.74) is 5.99. The van der Waals surface area contributed by atoms with Gasteiger partial charge in [-0.2, -0.15) is 0 Å². The molecule has 2 amide bonds. The highest BCUT2D eigenvalue weighted by atomic mass is 16.3. The van der Waals surface area contributed by atoms with Crippen LogP contribution in [0.1, 0.15) is 5.56 Å². The Balaban J connectivity index is 2.56. The molecule has 0 unspecified atom stereocenters. The fraction of sp³-hybridized carbons (Fsp3) is 0.333. The van der Waals surface area contributed by atoms with Gasteiger partial charge in [-0.3, -0.25) is 9.59 Å². The van der Waals surface area contributed by atoms with Gasteiger partial charge in [0, 0.05) is 13.1 Å². The summed E-state index contributed by atoms with van der Waals surface area (Å²) < 4.78 is 0. The second-order valence-corrected chi connectivity index (χ2v) is 3.62. The summed E-state index contributed by atoms with van der Waals surface area (Å²) in [6.07, 6.45) is 0.625. The minimum atomic E-state index is -0.994. The summed E-state index contributed by atoms with van der Waals surface area (Å²) in [6, 6.07) is 9.59. The smallest absolute Gasteiger partial charge is 0.311 e. The normalized spacial score (nSPS) is 9.94. The zero-order valence-electron chi connectivity index (χ0n) is 9.50. The summed E-state index contributed by atoms with van der Waals surface area (Å²) in [6.45, 7) is 0.300. The quantitative estimate of drug-likeness (QED) is 0.678. The highest BCUT2D eigenvalue weighted by Crippen LogP contribution is 2.01. The third kappa shape index (κ3) is 4.24. The first-order valence-corrected chi connectivity index (χ1v) is 5.38. The molecule has 0 aliphatic heterocycles. The third-order valence-electron chi connectivity index (χ3n) is 2.38. The van der Waals surface area contributed by atoms with Crippen molar-refractivity contribution in [3.05, 3.63) is 35.9 Å². The first-order chi connectivity index (χ1) is 8.15. The predicted molar refractivity (Wildman–Crippen MR) is 63.0 cm³/mol. The maximum Gasteiger partial charge on any atom is 0.311 e. The number of hydrogen-bond donors (Lipinski definition) is 2. The predicted octanol–water partition coefficient (Wildman–Crippen LogP) is -0.465. The number of primary amides is 1. The maximum atomic E-state index is 11.4. The minimum Gasteiger partial charge on any atom is -0.395 e. The van der Waals surface area contributed by atoms with Gasteiger partial charge in [0.1, 0.15) is 0 Å². The van der Waals surface area contributed by atoms with Gasteiger partial charge in [-0.15, -0.1) is 0 Å². The molecule has 0 saturated heterocycles. The number of nitrogens with zero attached hydrogens (tertiary/aromatic N) is 1. The number of carbonyl (C=O) groups is 2. The van der Waals surface area contributed by atoms with Crippen LogP contribution in [-0.4, -0.2) is 41.5 Å². The lowest BCUT2D eigenvalue weighted by Gasteiger charge is -2.19. The van der Waals surface area contributed by atoms with E-state index in [0.717, 1.165) is 5.56 Å². The lowest BCUT2D eigenvalue weighted by molar-refractivity contribution is -0.144. The van der Waals surface area contributed by atoms with Crippen molar-refractivity contribution >= 4 is 11.8 Å². The lowest BCUT2D eigenvalue weighted by atomic mass is 10.1. The van der Waals surface area contributed by atoms with Crippen LogP contribution in [-0.2, 0) is 16.0 Å². The van der Waals surface area contributed by atoms with E-state index in [-0.39, 0.29) is 13.2 Å². The van der Waals surface area contributed by atoms with Crippen molar-refractivity contribution in [3.63, 3.8) is 0 Å². The van der Waals surface area contributed by atoms with Crippen molar-refractivity contribution in [1.29, 1.82) is 0 Å². The molecule has 0 aromatic heterocycles.